The zero-order valence-corrected chi connectivity index (χ0v) is 17.9. The van der Waals surface area contributed by atoms with E-state index in [1.165, 1.54) is 19.4 Å². The van der Waals surface area contributed by atoms with E-state index < -0.39 is 28.3 Å². The van der Waals surface area contributed by atoms with E-state index in [-0.39, 0.29) is 10.8 Å². The highest BCUT2D eigenvalue weighted by molar-refractivity contribution is 7.92. The molecule has 10 heteroatoms. The summed E-state index contributed by atoms with van der Waals surface area (Å²) in [7, 11) is -3.35. The normalized spacial score (nSPS) is 18.1. The lowest BCUT2D eigenvalue weighted by Crippen LogP contribution is -2.41. The summed E-state index contributed by atoms with van der Waals surface area (Å²) in [6.07, 6.45) is 1.49. The topological polar surface area (TPSA) is 86.8 Å². The molecule has 150 valence electrons. The number of pyridine rings is 1. The molecule has 3 rings (SSSR count). The van der Waals surface area contributed by atoms with Crippen LogP contribution in [0.25, 0.3) is 0 Å². The minimum atomic E-state index is -3.97. The molecule has 2 heterocycles. The first-order valence-corrected chi connectivity index (χ1v) is 10.5. The van der Waals surface area contributed by atoms with Crippen molar-refractivity contribution in [3.63, 3.8) is 0 Å². The standard InChI is InChI=1S/C18H22BClN2O5S/c1-17(2)18(3,4)27-19(26-17)12-10-15(16(25-5)21-11-12)28(23,24)22-14-8-6-13(20)7-9-14/h6-11,22H,1-5H3. The summed E-state index contributed by atoms with van der Waals surface area (Å²) in [5, 5.41) is 0.505. The number of halogens is 1. The Morgan fingerprint density at radius 1 is 1.11 bits per heavy atom. The summed E-state index contributed by atoms with van der Waals surface area (Å²) in [5.41, 5.74) is -0.264. The molecule has 1 aliphatic rings. The molecule has 0 radical (unpaired) electrons. The van der Waals surface area contributed by atoms with Gasteiger partial charge in [0.05, 0.1) is 18.3 Å². The predicted molar refractivity (Wildman–Crippen MR) is 109 cm³/mol. The molecule has 1 N–H and O–H groups in total. The summed E-state index contributed by atoms with van der Waals surface area (Å²) in [6, 6.07) is 7.77. The molecule has 2 aromatic rings. The molecule has 7 nitrogen and oxygen atoms in total. The highest BCUT2D eigenvalue weighted by atomic mass is 35.5. The van der Waals surface area contributed by atoms with Crippen molar-refractivity contribution in [1.82, 2.24) is 4.98 Å². The van der Waals surface area contributed by atoms with Gasteiger partial charge < -0.3 is 14.0 Å². The Hall–Kier alpha value is -1.81. The third-order valence-corrected chi connectivity index (χ3v) is 6.57. The first-order chi connectivity index (χ1) is 12.9. The predicted octanol–water partition coefficient (Wildman–Crippen LogP) is 2.84. The number of nitrogens with zero attached hydrogens (tertiary/aromatic N) is 1. The van der Waals surface area contributed by atoms with Gasteiger partial charge in [0.25, 0.3) is 10.0 Å². The van der Waals surface area contributed by atoms with E-state index in [9.17, 15) is 8.42 Å². The molecule has 0 saturated carbocycles. The van der Waals surface area contributed by atoms with Gasteiger partial charge >= 0.3 is 7.12 Å². The SMILES string of the molecule is COc1ncc(B2OC(C)(C)C(C)(C)O2)cc1S(=O)(=O)Nc1ccc(Cl)cc1. The minimum absolute atomic E-state index is 0.0262. The average Bonchev–Trinajstić information content (AvgIpc) is 2.84. The molecule has 1 aliphatic heterocycles. The van der Waals surface area contributed by atoms with E-state index in [1.54, 1.807) is 24.3 Å². The van der Waals surface area contributed by atoms with Crippen molar-refractivity contribution in [2.45, 2.75) is 43.8 Å². The molecule has 0 atom stereocenters. The number of benzene rings is 1. The molecule has 1 aromatic carbocycles. The van der Waals surface area contributed by atoms with E-state index in [4.69, 9.17) is 25.6 Å². The molecule has 1 aromatic heterocycles. The van der Waals surface area contributed by atoms with Crippen LogP contribution < -0.4 is 14.9 Å². The highest BCUT2D eigenvalue weighted by Crippen LogP contribution is 2.36. The van der Waals surface area contributed by atoms with Crippen LogP contribution in [0.2, 0.25) is 5.02 Å². The van der Waals surface area contributed by atoms with Crippen LogP contribution in [-0.2, 0) is 19.3 Å². The van der Waals surface area contributed by atoms with Gasteiger partial charge in [0, 0.05) is 22.4 Å². The van der Waals surface area contributed by atoms with Gasteiger partial charge in [-0.15, -0.1) is 0 Å². The Balaban J connectivity index is 1.96. The number of nitrogens with one attached hydrogen (secondary N) is 1. The lowest BCUT2D eigenvalue weighted by molar-refractivity contribution is 0.00578. The molecule has 0 aliphatic carbocycles. The fourth-order valence-electron chi connectivity index (χ4n) is 2.63. The zero-order chi connectivity index (χ0) is 20.7. The average molecular weight is 425 g/mol. The maximum atomic E-state index is 12.9. The van der Waals surface area contributed by atoms with Crippen molar-refractivity contribution in [1.29, 1.82) is 0 Å². The summed E-state index contributed by atoms with van der Waals surface area (Å²) in [5.74, 6) is -0.0262. The summed E-state index contributed by atoms with van der Waals surface area (Å²) in [4.78, 5) is 4.02. The van der Waals surface area contributed by atoms with Crippen molar-refractivity contribution < 1.29 is 22.5 Å². The van der Waals surface area contributed by atoms with Gasteiger partial charge in [-0.05, 0) is 58.0 Å². The largest absolute Gasteiger partial charge is 0.496 e. The maximum Gasteiger partial charge on any atom is 0.496 e. The number of anilines is 1. The van der Waals surface area contributed by atoms with Gasteiger partial charge in [-0.3, -0.25) is 4.72 Å². The Morgan fingerprint density at radius 3 is 2.21 bits per heavy atom. The maximum absolute atomic E-state index is 12.9. The van der Waals surface area contributed by atoms with Gasteiger partial charge in [0.2, 0.25) is 5.88 Å². The summed E-state index contributed by atoms with van der Waals surface area (Å²) < 4.78 is 45.5. The monoisotopic (exact) mass is 424 g/mol. The van der Waals surface area contributed by atoms with E-state index >= 15 is 0 Å². The van der Waals surface area contributed by atoms with E-state index in [1.807, 2.05) is 27.7 Å². The fourth-order valence-corrected chi connectivity index (χ4v) is 3.97. The smallest absolute Gasteiger partial charge is 0.480 e. The molecule has 28 heavy (non-hydrogen) atoms. The van der Waals surface area contributed by atoms with Crippen molar-refractivity contribution in [3.05, 3.63) is 41.6 Å². The van der Waals surface area contributed by atoms with Gasteiger partial charge in [0.1, 0.15) is 4.90 Å². The van der Waals surface area contributed by atoms with E-state index in [0.717, 1.165) is 0 Å². The molecular weight excluding hydrogens is 403 g/mol. The van der Waals surface area contributed by atoms with E-state index in [0.29, 0.717) is 16.2 Å². The van der Waals surface area contributed by atoms with Crippen LogP contribution in [0.3, 0.4) is 0 Å². The van der Waals surface area contributed by atoms with Gasteiger partial charge in [-0.25, -0.2) is 13.4 Å². The van der Waals surface area contributed by atoms with Crippen molar-refractivity contribution in [2.75, 3.05) is 11.8 Å². The lowest BCUT2D eigenvalue weighted by Gasteiger charge is -2.32. The van der Waals surface area contributed by atoms with Crippen LogP contribution >= 0.6 is 11.6 Å². The molecule has 1 saturated heterocycles. The molecule has 0 bridgehead atoms. The highest BCUT2D eigenvalue weighted by Gasteiger charge is 2.52. The molecular formula is C18H22BClN2O5S. The Morgan fingerprint density at radius 2 is 1.68 bits per heavy atom. The van der Waals surface area contributed by atoms with Crippen LogP contribution in [-0.4, -0.2) is 38.8 Å². The van der Waals surface area contributed by atoms with Crippen molar-refractivity contribution >= 4 is 39.9 Å². The number of aromatic nitrogens is 1. The lowest BCUT2D eigenvalue weighted by atomic mass is 9.80. The minimum Gasteiger partial charge on any atom is -0.480 e. The Labute approximate surface area is 170 Å². The second-order valence-electron chi connectivity index (χ2n) is 7.48. The molecule has 0 amide bonds. The summed E-state index contributed by atoms with van der Waals surface area (Å²) >= 11 is 5.85. The van der Waals surface area contributed by atoms with Gasteiger partial charge in [-0.2, -0.15) is 0 Å². The number of ether oxygens (including phenoxy) is 1. The third kappa shape index (κ3) is 3.98. The number of hydrogen-bond donors (Lipinski definition) is 1. The quantitative estimate of drug-likeness (QED) is 0.743. The first-order valence-electron chi connectivity index (χ1n) is 8.63. The van der Waals surface area contributed by atoms with Gasteiger partial charge in [-0.1, -0.05) is 11.6 Å². The van der Waals surface area contributed by atoms with E-state index in [2.05, 4.69) is 9.71 Å². The van der Waals surface area contributed by atoms with Crippen LogP contribution in [0.5, 0.6) is 5.88 Å². The Kier molecular flexibility index (Phi) is 5.39. The number of rotatable bonds is 5. The second-order valence-corrected chi connectivity index (χ2v) is 9.56. The number of sulfonamides is 1. The number of methoxy groups -OCH3 is 1. The van der Waals surface area contributed by atoms with Crippen LogP contribution in [0.15, 0.2) is 41.4 Å². The fraction of sp³-hybridized carbons (Fsp3) is 0.389. The molecule has 0 unspecified atom stereocenters. The third-order valence-electron chi connectivity index (χ3n) is 4.94. The molecule has 0 spiro atoms. The van der Waals surface area contributed by atoms with Gasteiger partial charge in [0.15, 0.2) is 0 Å². The summed E-state index contributed by atoms with van der Waals surface area (Å²) in [6.45, 7) is 7.68. The molecule has 1 fully saturated rings. The first kappa shape index (κ1) is 20.9. The van der Waals surface area contributed by atoms with Crippen molar-refractivity contribution in [2.24, 2.45) is 0 Å². The Bertz CT molecular complexity index is 964. The van der Waals surface area contributed by atoms with Crippen LogP contribution in [0.1, 0.15) is 27.7 Å². The van der Waals surface area contributed by atoms with Crippen LogP contribution in [0, 0.1) is 0 Å². The van der Waals surface area contributed by atoms with Crippen molar-refractivity contribution in [3.8, 4) is 5.88 Å². The number of hydrogen-bond acceptors (Lipinski definition) is 6. The second kappa shape index (κ2) is 7.22. The zero-order valence-electron chi connectivity index (χ0n) is 16.3. The van der Waals surface area contributed by atoms with Crippen LogP contribution in [0.4, 0.5) is 5.69 Å².